The van der Waals surface area contributed by atoms with E-state index in [2.05, 4.69) is 17.1 Å². The van der Waals surface area contributed by atoms with Crippen molar-refractivity contribution in [3.05, 3.63) is 28.0 Å². The Labute approximate surface area is 99.7 Å². The van der Waals surface area contributed by atoms with Crippen LogP contribution in [0.3, 0.4) is 0 Å². The van der Waals surface area contributed by atoms with Gasteiger partial charge in [-0.05, 0) is 12.5 Å². The molecule has 1 aliphatic rings. The zero-order valence-corrected chi connectivity index (χ0v) is 9.89. The smallest absolute Gasteiger partial charge is 0.404 e. The van der Waals surface area contributed by atoms with Gasteiger partial charge >= 0.3 is 5.88 Å². The summed E-state index contributed by atoms with van der Waals surface area (Å²) in [7, 11) is 0. The number of nitrogens with zero attached hydrogens (tertiary/aromatic N) is 2. The largest absolute Gasteiger partial charge is 0.433 e. The highest BCUT2D eigenvalue weighted by Crippen LogP contribution is 2.28. The van der Waals surface area contributed by atoms with Gasteiger partial charge in [-0.2, -0.15) is 0 Å². The molecule has 0 unspecified atom stereocenters. The van der Waals surface area contributed by atoms with Crippen molar-refractivity contribution in [3.63, 3.8) is 0 Å². The number of hydrogen-bond acceptors (Lipinski definition) is 5. The molecule has 94 valence electrons. The Morgan fingerprint density at radius 1 is 1.53 bits per heavy atom. The number of rotatable bonds is 4. The number of hydrogen-bond donors (Lipinski definition) is 1. The van der Waals surface area contributed by atoms with Crippen LogP contribution < -0.4 is 5.32 Å². The normalized spacial score (nSPS) is 19.1. The molecule has 0 aromatic carbocycles. The third-order valence-corrected chi connectivity index (χ3v) is 3.10. The van der Waals surface area contributed by atoms with E-state index in [-0.39, 0.29) is 11.9 Å². The van der Waals surface area contributed by atoms with Gasteiger partial charge in [0, 0.05) is 26.2 Å². The van der Waals surface area contributed by atoms with E-state index in [0.29, 0.717) is 5.76 Å². The minimum atomic E-state index is -0.492. The lowest BCUT2D eigenvalue weighted by molar-refractivity contribution is -0.402. The first-order valence-corrected chi connectivity index (χ1v) is 5.91. The van der Waals surface area contributed by atoms with Gasteiger partial charge in [-0.15, -0.1) is 0 Å². The summed E-state index contributed by atoms with van der Waals surface area (Å²) in [4.78, 5) is 12.4. The second-order valence-corrected chi connectivity index (χ2v) is 4.14. The molecular formula is C11H17N3O3. The first-order chi connectivity index (χ1) is 8.22. The third kappa shape index (κ3) is 2.65. The number of nitrogens with one attached hydrogen (secondary N) is 1. The average Bonchev–Trinajstić information content (AvgIpc) is 2.81. The second kappa shape index (κ2) is 5.29. The van der Waals surface area contributed by atoms with Gasteiger partial charge in [0.15, 0.2) is 0 Å². The number of piperazine rings is 1. The minimum absolute atomic E-state index is 0.144. The maximum atomic E-state index is 10.6. The average molecular weight is 239 g/mol. The maximum Gasteiger partial charge on any atom is 0.433 e. The molecule has 6 heteroatoms. The van der Waals surface area contributed by atoms with E-state index in [9.17, 15) is 10.1 Å². The van der Waals surface area contributed by atoms with Crippen molar-refractivity contribution in [3.8, 4) is 0 Å². The van der Waals surface area contributed by atoms with Gasteiger partial charge in [0.05, 0.1) is 12.1 Å². The molecule has 0 radical (unpaired) electrons. The van der Waals surface area contributed by atoms with Crippen LogP contribution >= 0.6 is 0 Å². The number of furan rings is 1. The first kappa shape index (κ1) is 12.1. The van der Waals surface area contributed by atoms with Crippen molar-refractivity contribution in [2.45, 2.75) is 19.4 Å². The van der Waals surface area contributed by atoms with Gasteiger partial charge in [0.2, 0.25) is 0 Å². The Balaban J connectivity index is 2.12. The van der Waals surface area contributed by atoms with Crippen LogP contribution in [0.5, 0.6) is 0 Å². The Hall–Kier alpha value is -1.40. The highest BCUT2D eigenvalue weighted by atomic mass is 16.6. The van der Waals surface area contributed by atoms with Gasteiger partial charge < -0.3 is 9.73 Å². The molecule has 1 atom stereocenters. The minimum Gasteiger partial charge on any atom is -0.404 e. The quantitative estimate of drug-likeness (QED) is 0.637. The van der Waals surface area contributed by atoms with Crippen LogP contribution in [0.25, 0.3) is 0 Å². The van der Waals surface area contributed by atoms with Gasteiger partial charge in [-0.3, -0.25) is 15.0 Å². The predicted molar refractivity (Wildman–Crippen MR) is 62.8 cm³/mol. The van der Waals surface area contributed by atoms with Gasteiger partial charge in [-0.1, -0.05) is 6.92 Å². The molecule has 1 aromatic rings. The third-order valence-electron chi connectivity index (χ3n) is 3.10. The van der Waals surface area contributed by atoms with Crippen molar-refractivity contribution in [1.82, 2.24) is 10.2 Å². The molecule has 1 saturated heterocycles. The van der Waals surface area contributed by atoms with Crippen LogP contribution in [0.4, 0.5) is 5.88 Å². The van der Waals surface area contributed by atoms with Crippen LogP contribution in [0.2, 0.25) is 0 Å². The summed E-state index contributed by atoms with van der Waals surface area (Å²) in [5.41, 5.74) is 0. The zero-order chi connectivity index (χ0) is 12.3. The van der Waals surface area contributed by atoms with Crippen molar-refractivity contribution >= 4 is 5.88 Å². The summed E-state index contributed by atoms with van der Waals surface area (Å²) in [5, 5.41) is 13.9. The standard InChI is InChI=1S/C11H17N3O3/c1-2-9(13-7-5-12-6-8-13)10-3-4-11(17-10)14(15)16/h3-4,9,12H,2,5-8H2,1H3/t9-/m0/s1. The molecule has 0 aliphatic carbocycles. The monoisotopic (exact) mass is 239 g/mol. The van der Waals surface area contributed by atoms with Crippen molar-refractivity contribution < 1.29 is 9.34 Å². The molecule has 6 nitrogen and oxygen atoms in total. The summed E-state index contributed by atoms with van der Waals surface area (Å²) >= 11 is 0. The molecule has 0 saturated carbocycles. The lowest BCUT2D eigenvalue weighted by atomic mass is 10.1. The Morgan fingerprint density at radius 3 is 2.76 bits per heavy atom. The molecule has 1 aromatic heterocycles. The maximum absolute atomic E-state index is 10.6. The molecule has 2 rings (SSSR count). The topological polar surface area (TPSA) is 71.5 Å². The molecule has 17 heavy (non-hydrogen) atoms. The van der Waals surface area contributed by atoms with Crippen LogP contribution in [-0.2, 0) is 0 Å². The van der Waals surface area contributed by atoms with Crippen molar-refractivity contribution in [2.75, 3.05) is 26.2 Å². The number of nitro groups is 1. The zero-order valence-electron chi connectivity index (χ0n) is 9.89. The fourth-order valence-corrected chi connectivity index (χ4v) is 2.25. The van der Waals surface area contributed by atoms with Crippen LogP contribution in [0.1, 0.15) is 25.1 Å². The molecule has 2 heterocycles. The lowest BCUT2D eigenvalue weighted by Crippen LogP contribution is -2.44. The van der Waals surface area contributed by atoms with E-state index in [1.54, 1.807) is 6.07 Å². The summed E-state index contributed by atoms with van der Waals surface area (Å²) in [6.45, 7) is 5.89. The molecule has 1 fully saturated rings. The van der Waals surface area contributed by atoms with Crippen molar-refractivity contribution in [1.29, 1.82) is 0 Å². The van der Waals surface area contributed by atoms with Gasteiger partial charge in [0.25, 0.3) is 0 Å². The Kier molecular flexibility index (Phi) is 3.75. The first-order valence-electron chi connectivity index (χ1n) is 5.91. The summed E-state index contributed by atoms with van der Waals surface area (Å²) in [6, 6.07) is 3.29. The van der Waals surface area contributed by atoms with E-state index in [0.717, 1.165) is 32.6 Å². The fraction of sp³-hybridized carbons (Fsp3) is 0.636. The lowest BCUT2D eigenvalue weighted by Gasteiger charge is -2.33. The molecule has 0 spiro atoms. The molecular weight excluding hydrogens is 222 g/mol. The van der Waals surface area contributed by atoms with Crippen LogP contribution in [0, 0.1) is 10.1 Å². The van der Waals surface area contributed by atoms with E-state index in [1.165, 1.54) is 6.07 Å². The van der Waals surface area contributed by atoms with Gasteiger partial charge in [0.1, 0.15) is 10.7 Å². The molecule has 1 aliphatic heterocycles. The summed E-state index contributed by atoms with van der Waals surface area (Å²) in [6.07, 6.45) is 0.894. The fourth-order valence-electron chi connectivity index (χ4n) is 2.25. The van der Waals surface area contributed by atoms with E-state index < -0.39 is 4.92 Å². The van der Waals surface area contributed by atoms with Crippen LogP contribution in [-0.4, -0.2) is 36.0 Å². The van der Waals surface area contributed by atoms with E-state index >= 15 is 0 Å². The Bertz CT molecular complexity index is 385. The van der Waals surface area contributed by atoms with E-state index in [1.807, 2.05) is 0 Å². The second-order valence-electron chi connectivity index (χ2n) is 4.14. The summed E-state index contributed by atoms with van der Waals surface area (Å²) < 4.78 is 5.29. The van der Waals surface area contributed by atoms with Crippen molar-refractivity contribution in [2.24, 2.45) is 0 Å². The predicted octanol–water partition coefficient (Wildman–Crippen LogP) is 1.54. The Morgan fingerprint density at radius 2 is 2.24 bits per heavy atom. The highest BCUT2D eigenvalue weighted by Gasteiger charge is 2.25. The van der Waals surface area contributed by atoms with Crippen LogP contribution in [0.15, 0.2) is 16.5 Å². The summed E-state index contributed by atoms with van der Waals surface area (Å²) in [5.74, 6) is 0.523. The molecule has 1 N–H and O–H groups in total. The SMILES string of the molecule is CC[C@@H](c1ccc([N+](=O)[O-])o1)N1CCNCC1. The van der Waals surface area contributed by atoms with E-state index in [4.69, 9.17) is 4.42 Å². The highest BCUT2D eigenvalue weighted by molar-refractivity contribution is 5.20. The molecule has 0 bridgehead atoms. The van der Waals surface area contributed by atoms with Gasteiger partial charge in [-0.25, -0.2) is 0 Å². The molecule has 0 amide bonds.